The van der Waals surface area contributed by atoms with Crippen LogP contribution in [0.5, 0.6) is 0 Å². The first-order valence-corrected chi connectivity index (χ1v) is 13.1. The molecule has 31 heavy (non-hydrogen) atoms. The highest BCUT2D eigenvalue weighted by Gasteiger charge is 2.21. The third-order valence-electron chi connectivity index (χ3n) is 5.57. The average molecular weight is 508 g/mol. The van der Waals surface area contributed by atoms with Crippen LogP contribution in [-0.4, -0.2) is 40.2 Å². The van der Waals surface area contributed by atoms with Crippen molar-refractivity contribution in [2.75, 3.05) is 35.1 Å². The summed E-state index contributed by atoms with van der Waals surface area (Å²) < 4.78 is 26.6. The van der Waals surface area contributed by atoms with E-state index in [-0.39, 0.29) is 12.5 Å². The maximum Gasteiger partial charge on any atom is 0.241 e. The molecular formula is C23H30BrN3O3S. The summed E-state index contributed by atoms with van der Waals surface area (Å²) >= 11 is 3.41. The summed E-state index contributed by atoms with van der Waals surface area (Å²) in [6.45, 7) is 6.41. The zero-order chi connectivity index (χ0) is 22.6. The Kier molecular flexibility index (Phi) is 7.64. The molecule has 1 aliphatic rings. The van der Waals surface area contributed by atoms with Crippen molar-refractivity contribution in [3.8, 4) is 0 Å². The van der Waals surface area contributed by atoms with Crippen LogP contribution in [0.3, 0.4) is 0 Å². The number of carbonyl (C=O) groups is 1. The van der Waals surface area contributed by atoms with Crippen molar-refractivity contribution in [2.45, 2.75) is 33.2 Å². The Morgan fingerprint density at radius 2 is 1.94 bits per heavy atom. The van der Waals surface area contributed by atoms with Crippen LogP contribution in [0.1, 0.15) is 30.9 Å². The van der Waals surface area contributed by atoms with E-state index in [0.29, 0.717) is 18.2 Å². The van der Waals surface area contributed by atoms with Crippen LogP contribution < -0.4 is 14.5 Å². The van der Waals surface area contributed by atoms with Crippen molar-refractivity contribution < 1.29 is 13.2 Å². The largest absolute Gasteiger partial charge is 0.371 e. The molecule has 1 atom stereocenters. The molecule has 3 rings (SSSR count). The number of nitrogens with one attached hydrogen (secondary N) is 1. The van der Waals surface area contributed by atoms with Gasteiger partial charge in [0.1, 0.15) is 6.54 Å². The zero-order valence-electron chi connectivity index (χ0n) is 18.3. The second kappa shape index (κ2) is 10.0. The topological polar surface area (TPSA) is 69.7 Å². The average Bonchev–Trinajstić information content (AvgIpc) is 2.72. The summed E-state index contributed by atoms with van der Waals surface area (Å²) in [6.07, 6.45) is 3.61. The van der Waals surface area contributed by atoms with Gasteiger partial charge in [0.2, 0.25) is 15.9 Å². The van der Waals surface area contributed by atoms with Crippen LogP contribution in [0, 0.1) is 12.8 Å². The van der Waals surface area contributed by atoms with E-state index >= 15 is 0 Å². The van der Waals surface area contributed by atoms with Crippen molar-refractivity contribution in [3.05, 3.63) is 58.1 Å². The maximum absolute atomic E-state index is 12.5. The van der Waals surface area contributed by atoms with Gasteiger partial charge in [-0.05, 0) is 67.1 Å². The summed E-state index contributed by atoms with van der Waals surface area (Å²) in [4.78, 5) is 14.9. The minimum absolute atomic E-state index is 0.260. The van der Waals surface area contributed by atoms with E-state index < -0.39 is 10.0 Å². The molecule has 2 aromatic rings. The van der Waals surface area contributed by atoms with E-state index in [1.807, 2.05) is 19.1 Å². The summed E-state index contributed by atoms with van der Waals surface area (Å²) in [7, 11) is -3.60. The minimum Gasteiger partial charge on any atom is -0.371 e. The highest BCUT2D eigenvalue weighted by atomic mass is 79.9. The first kappa shape index (κ1) is 23.6. The quantitative estimate of drug-likeness (QED) is 0.612. The molecule has 0 radical (unpaired) electrons. The number of hydrogen-bond acceptors (Lipinski definition) is 4. The van der Waals surface area contributed by atoms with Gasteiger partial charge in [-0.3, -0.25) is 9.10 Å². The Morgan fingerprint density at radius 3 is 2.55 bits per heavy atom. The number of halogens is 1. The van der Waals surface area contributed by atoms with Gasteiger partial charge < -0.3 is 10.2 Å². The lowest BCUT2D eigenvalue weighted by Crippen LogP contribution is -2.40. The standard InChI is InChI=1S/C23H30BrN3O3S/c1-17-5-4-12-26(15-17)20-8-6-19(7-9-20)14-25-23(28)16-27(31(3,29)30)21-10-11-22(24)18(2)13-21/h6-11,13,17H,4-5,12,14-16H2,1-3H3,(H,25,28). The molecule has 1 N–H and O–H groups in total. The van der Waals surface area contributed by atoms with Gasteiger partial charge in [0.05, 0.1) is 11.9 Å². The lowest BCUT2D eigenvalue weighted by molar-refractivity contribution is -0.119. The van der Waals surface area contributed by atoms with Gasteiger partial charge in [-0.1, -0.05) is 35.0 Å². The molecule has 1 fully saturated rings. The van der Waals surface area contributed by atoms with Gasteiger partial charge in [-0.2, -0.15) is 0 Å². The number of sulfonamides is 1. The number of hydrogen-bond donors (Lipinski definition) is 1. The van der Waals surface area contributed by atoms with E-state index in [9.17, 15) is 13.2 Å². The van der Waals surface area contributed by atoms with E-state index in [2.05, 4.69) is 45.2 Å². The molecule has 1 unspecified atom stereocenters. The summed E-state index contributed by atoms with van der Waals surface area (Å²) in [5.41, 5.74) is 3.55. The molecule has 0 aliphatic carbocycles. The highest BCUT2D eigenvalue weighted by molar-refractivity contribution is 9.10. The number of piperidine rings is 1. The number of aryl methyl sites for hydroxylation is 1. The van der Waals surface area contributed by atoms with Crippen molar-refractivity contribution in [1.82, 2.24) is 5.32 Å². The molecule has 8 heteroatoms. The molecule has 0 bridgehead atoms. The van der Waals surface area contributed by atoms with Crippen molar-refractivity contribution in [3.63, 3.8) is 0 Å². The number of nitrogens with zero attached hydrogens (tertiary/aromatic N) is 2. The summed E-state index contributed by atoms with van der Waals surface area (Å²) in [6, 6.07) is 13.4. The van der Waals surface area contributed by atoms with E-state index in [1.165, 1.54) is 18.5 Å². The first-order chi connectivity index (χ1) is 14.6. The fraction of sp³-hybridized carbons (Fsp3) is 0.435. The molecule has 1 saturated heterocycles. The van der Waals surface area contributed by atoms with Crippen molar-refractivity contribution in [1.29, 1.82) is 0 Å². The first-order valence-electron chi connectivity index (χ1n) is 10.5. The Morgan fingerprint density at radius 1 is 1.23 bits per heavy atom. The van der Waals surface area contributed by atoms with E-state index in [4.69, 9.17) is 0 Å². The van der Waals surface area contributed by atoms with Crippen LogP contribution in [-0.2, 0) is 21.4 Å². The lowest BCUT2D eigenvalue weighted by Gasteiger charge is -2.32. The number of benzene rings is 2. The molecule has 1 heterocycles. The fourth-order valence-electron chi connectivity index (χ4n) is 3.82. The normalized spacial score (nSPS) is 16.8. The maximum atomic E-state index is 12.5. The Balaban J connectivity index is 1.60. The molecular weight excluding hydrogens is 478 g/mol. The molecule has 168 valence electrons. The van der Waals surface area contributed by atoms with Gasteiger partial charge in [0, 0.05) is 29.8 Å². The van der Waals surface area contributed by atoms with E-state index in [0.717, 1.165) is 39.3 Å². The van der Waals surface area contributed by atoms with Crippen molar-refractivity contribution in [2.24, 2.45) is 5.92 Å². The highest BCUT2D eigenvalue weighted by Crippen LogP contribution is 2.25. The van der Waals surface area contributed by atoms with Crippen LogP contribution >= 0.6 is 15.9 Å². The van der Waals surface area contributed by atoms with Gasteiger partial charge in [0.15, 0.2) is 0 Å². The monoisotopic (exact) mass is 507 g/mol. The number of anilines is 2. The van der Waals surface area contributed by atoms with Crippen LogP contribution in [0.4, 0.5) is 11.4 Å². The van der Waals surface area contributed by atoms with Crippen molar-refractivity contribution >= 4 is 43.2 Å². The molecule has 2 aromatic carbocycles. The zero-order valence-corrected chi connectivity index (χ0v) is 20.7. The number of amides is 1. The molecule has 1 amide bonds. The summed E-state index contributed by atoms with van der Waals surface area (Å²) in [5, 5.41) is 2.84. The smallest absolute Gasteiger partial charge is 0.241 e. The molecule has 0 spiro atoms. The number of carbonyl (C=O) groups excluding carboxylic acids is 1. The SMILES string of the molecule is Cc1cc(N(CC(=O)NCc2ccc(N3CCCC(C)C3)cc2)S(C)(=O)=O)ccc1Br. The van der Waals surface area contributed by atoms with Crippen LogP contribution in [0.25, 0.3) is 0 Å². The van der Waals surface area contributed by atoms with Gasteiger partial charge in [0.25, 0.3) is 0 Å². The Labute approximate surface area is 193 Å². The van der Waals surface area contributed by atoms with Crippen LogP contribution in [0.2, 0.25) is 0 Å². The Bertz CT molecular complexity index is 1020. The fourth-order valence-corrected chi connectivity index (χ4v) is 4.91. The Hall–Kier alpha value is -2.06. The number of rotatable bonds is 7. The van der Waals surface area contributed by atoms with Gasteiger partial charge >= 0.3 is 0 Å². The van der Waals surface area contributed by atoms with Gasteiger partial charge in [-0.15, -0.1) is 0 Å². The lowest BCUT2D eigenvalue weighted by atomic mass is 9.99. The molecule has 0 aromatic heterocycles. The molecule has 6 nitrogen and oxygen atoms in total. The predicted molar refractivity (Wildman–Crippen MR) is 130 cm³/mol. The summed E-state index contributed by atoms with van der Waals surface area (Å²) in [5.74, 6) is 0.361. The molecule has 1 aliphatic heterocycles. The van der Waals surface area contributed by atoms with E-state index in [1.54, 1.807) is 18.2 Å². The molecule has 0 saturated carbocycles. The predicted octanol–water partition coefficient (Wildman–Crippen LogP) is 4.08. The second-order valence-corrected chi connectivity index (χ2v) is 11.1. The second-order valence-electron chi connectivity index (χ2n) is 8.34. The third kappa shape index (κ3) is 6.46. The minimum atomic E-state index is -3.60. The van der Waals surface area contributed by atoms with Gasteiger partial charge in [-0.25, -0.2) is 8.42 Å². The van der Waals surface area contributed by atoms with Crippen LogP contribution in [0.15, 0.2) is 46.9 Å². The third-order valence-corrected chi connectivity index (χ3v) is 7.60.